The van der Waals surface area contributed by atoms with Crippen LogP contribution < -0.4 is 18.9 Å². The molecular weight excluding hydrogens is 55.0 g/mol. The molecule has 0 atom stereocenters. The smallest absolute Gasteiger partial charge is 0.311 e. The Hall–Kier alpha value is -0.103. The van der Waals surface area contributed by atoms with Crippen LogP contribution in [0.1, 0.15) is 0 Å². The van der Waals surface area contributed by atoms with Gasteiger partial charge in [-0.05, 0) is 0 Å². The third-order valence-corrected chi connectivity index (χ3v) is 0.0962. The van der Waals surface area contributed by atoms with Gasteiger partial charge >= 0.3 is 18.9 Å². The molecule has 0 aliphatic heterocycles. The summed E-state index contributed by atoms with van der Waals surface area (Å²) in [5.41, 5.74) is 0. The van der Waals surface area contributed by atoms with E-state index in [9.17, 15) is 0 Å². The van der Waals surface area contributed by atoms with Crippen LogP contribution in [0.2, 0.25) is 0 Å². The van der Waals surface area contributed by atoms with Gasteiger partial charge in [0.25, 0.3) is 0 Å². The molecule has 5 heavy (non-hydrogen) atoms. The van der Waals surface area contributed by atoms with Crippen LogP contribution in [-0.4, -0.2) is 0 Å². The van der Waals surface area contributed by atoms with Crippen LogP contribution in [-0.2, 0) is 0 Å². The van der Waals surface area contributed by atoms with Crippen molar-refractivity contribution in [2.24, 2.45) is 0 Å². The van der Waals surface area contributed by atoms with Gasteiger partial charge in [0.15, 0.2) is 0 Å². The Labute approximate surface area is 44.4 Å². The molecule has 0 radical (unpaired) electrons. The summed E-state index contributed by atoms with van der Waals surface area (Å²) in [6.07, 6.45) is 5.75. The Balaban J connectivity index is 0. The molecule has 0 aromatic rings. The molecule has 0 rings (SSSR count). The monoisotopic (exact) mass is 58.0 g/mol. The minimum Gasteiger partial charge on any atom is -0.311 e. The van der Waals surface area contributed by atoms with E-state index in [-0.39, 0.29) is 18.9 Å². The second kappa shape index (κ2) is 9.09. The molecule has 0 N–H and O–H groups in total. The first-order chi connectivity index (χ1) is 1.91. The summed E-state index contributed by atoms with van der Waals surface area (Å²) in [6, 6.07) is 0. The largest absolute Gasteiger partial charge is 1.00 e. The van der Waals surface area contributed by atoms with Crippen LogP contribution >= 0.6 is 0 Å². The van der Waals surface area contributed by atoms with Crippen molar-refractivity contribution in [3.63, 3.8) is 0 Å². The standard InChI is InChI=1S/C4H3.Li/c1-3-4-2;/h1-3H;/q-1;+1. The minimum absolute atomic E-state index is 0. The van der Waals surface area contributed by atoms with Crippen LogP contribution in [0, 0.1) is 18.9 Å². The summed E-state index contributed by atoms with van der Waals surface area (Å²) in [7, 11) is 0. The quantitative estimate of drug-likeness (QED) is 0.166. The van der Waals surface area contributed by atoms with E-state index in [2.05, 4.69) is 18.9 Å². The molecule has 0 heterocycles. The van der Waals surface area contributed by atoms with Gasteiger partial charge in [0, 0.05) is 0 Å². The molecule has 0 unspecified atom stereocenters. The molecule has 0 aromatic carbocycles. The van der Waals surface area contributed by atoms with Gasteiger partial charge in [0.1, 0.15) is 0 Å². The summed E-state index contributed by atoms with van der Waals surface area (Å²) in [4.78, 5) is 0. The van der Waals surface area contributed by atoms with Gasteiger partial charge in [0.05, 0.1) is 0 Å². The summed E-state index contributed by atoms with van der Waals surface area (Å²) in [6.45, 7) is 4.67. The van der Waals surface area contributed by atoms with Crippen molar-refractivity contribution in [3.05, 3.63) is 12.7 Å². The van der Waals surface area contributed by atoms with E-state index in [0.29, 0.717) is 0 Å². The number of hydrogen-bond donors (Lipinski definition) is 0. The molecule has 0 amide bonds. The second-order valence-corrected chi connectivity index (χ2v) is 0.333. The first-order valence-electron chi connectivity index (χ1n) is 0.911. The molecular formula is C4H3Li. The Bertz CT molecular complexity index is 49.2. The molecule has 0 nitrogen and oxygen atoms in total. The predicted molar refractivity (Wildman–Crippen MR) is 17.7 cm³/mol. The van der Waals surface area contributed by atoms with Crippen molar-refractivity contribution >= 4 is 0 Å². The molecule has 0 aliphatic carbocycles. The average molecular weight is 58.0 g/mol. The third kappa shape index (κ3) is 17.4. The van der Waals surface area contributed by atoms with Crippen molar-refractivity contribution in [1.82, 2.24) is 0 Å². The van der Waals surface area contributed by atoms with E-state index in [1.54, 1.807) is 0 Å². The average Bonchev–Trinajstić information content (AvgIpc) is 1.37. The van der Waals surface area contributed by atoms with Crippen LogP contribution in [0.4, 0.5) is 0 Å². The molecule has 20 valence electrons. The maximum atomic E-state index is 4.67. The minimum atomic E-state index is 0. The Kier molecular flexibility index (Phi) is 16.1. The molecule has 0 fully saturated rings. The Morgan fingerprint density at radius 1 is 1.80 bits per heavy atom. The fraction of sp³-hybridized carbons (Fsp3) is 0. The summed E-state index contributed by atoms with van der Waals surface area (Å²) >= 11 is 0. The van der Waals surface area contributed by atoms with Crippen LogP contribution in [0.15, 0.2) is 6.08 Å². The van der Waals surface area contributed by atoms with Crippen molar-refractivity contribution in [2.45, 2.75) is 0 Å². The second-order valence-electron chi connectivity index (χ2n) is 0.333. The molecule has 0 bridgehead atoms. The van der Waals surface area contributed by atoms with E-state index in [1.807, 2.05) is 0 Å². The number of terminal acetylenes is 1. The van der Waals surface area contributed by atoms with Crippen LogP contribution in [0.25, 0.3) is 0 Å². The van der Waals surface area contributed by atoms with Crippen LogP contribution in [0.3, 0.4) is 0 Å². The first kappa shape index (κ1) is 8.86. The van der Waals surface area contributed by atoms with Crippen molar-refractivity contribution in [1.29, 1.82) is 0 Å². The maximum Gasteiger partial charge on any atom is 1.00 e. The van der Waals surface area contributed by atoms with Gasteiger partial charge in [-0.3, -0.25) is 6.58 Å². The van der Waals surface area contributed by atoms with Gasteiger partial charge < -0.3 is 5.92 Å². The summed E-state index contributed by atoms with van der Waals surface area (Å²) < 4.78 is 0. The summed E-state index contributed by atoms with van der Waals surface area (Å²) in [5.74, 6) is 2.08. The zero-order chi connectivity index (χ0) is 3.41. The van der Waals surface area contributed by atoms with Gasteiger partial charge in [-0.2, -0.15) is 0 Å². The van der Waals surface area contributed by atoms with Gasteiger partial charge in [-0.1, -0.05) is 0 Å². The fourth-order valence-corrected chi connectivity index (χ4v) is 0. The van der Waals surface area contributed by atoms with Gasteiger partial charge in [-0.25, -0.2) is 12.5 Å². The first-order valence-corrected chi connectivity index (χ1v) is 0.911. The van der Waals surface area contributed by atoms with Crippen LogP contribution in [0.5, 0.6) is 0 Å². The summed E-state index contributed by atoms with van der Waals surface area (Å²) in [5, 5.41) is 0. The van der Waals surface area contributed by atoms with Gasteiger partial charge in [0.2, 0.25) is 0 Å². The molecule has 0 aromatic heterocycles. The van der Waals surface area contributed by atoms with Crippen molar-refractivity contribution in [3.8, 4) is 12.3 Å². The van der Waals surface area contributed by atoms with E-state index in [1.165, 1.54) is 0 Å². The molecule has 0 saturated carbocycles. The number of rotatable bonds is 0. The van der Waals surface area contributed by atoms with E-state index in [0.717, 1.165) is 6.08 Å². The normalized spacial score (nSPS) is 3.00. The van der Waals surface area contributed by atoms with Crippen molar-refractivity contribution in [2.75, 3.05) is 0 Å². The number of allylic oxidation sites excluding steroid dienone is 1. The Morgan fingerprint density at radius 3 is 2.00 bits per heavy atom. The zero-order valence-electron chi connectivity index (χ0n) is 3.23. The molecule has 0 saturated heterocycles. The zero-order valence-corrected chi connectivity index (χ0v) is 3.23. The van der Waals surface area contributed by atoms with E-state index < -0.39 is 0 Å². The Morgan fingerprint density at radius 2 is 2.00 bits per heavy atom. The van der Waals surface area contributed by atoms with E-state index in [4.69, 9.17) is 0 Å². The molecule has 0 aliphatic rings. The van der Waals surface area contributed by atoms with E-state index >= 15 is 0 Å². The SMILES string of the molecule is C#CC=[CH-].[Li+]. The maximum absolute atomic E-state index is 4.67. The van der Waals surface area contributed by atoms with Gasteiger partial charge in [-0.15, -0.1) is 0 Å². The number of hydrogen-bond acceptors (Lipinski definition) is 0. The van der Waals surface area contributed by atoms with Crippen molar-refractivity contribution < 1.29 is 18.9 Å². The fourth-order valence-electron chi connectivity index (χ4n) is 0. The topological polar surface area (TPSA) is 0 Å². The predicted octanol–water partition coefficient (Wildman–Crippen LogP) is -2.39. The molecule has 1 heteroatoms. The molecule has 0 spiro atoms. The third-order valence-electron chi connectivity index (χ3n) is 0.0962.